The van der Waals surface area contributed by atoms with E-state index in [1.165, 1.54) is 0 Å². The standard InChI is InChI=1S/C18H24N4O2/c1-3-19-18(22-14(2)15-8-5-4-6-9-15)21-13-17(23)20-12-16-10-7-11-24-16/h4-11,14H,3,12-13H2,1-2H3,(H,20,23)(H2,19,21,22). The van der Waals surface area contributed by atoms with Crippen molar-refractivity contribution in [1.29, 1.82) is 0 Å². The van der Waals surface area contributed by atoms with E-state index in [2.05, 4.69) is 40.0 Å². The molecule has 128 valence electrons. The zero-order valence-electron chi connectivity index (χ0n) is 14.1. The number of carbonyl (C=O) groups excluding carboxylic acids is 1. The zero-order chi connectivity index (χ0) is 17.2. The Hall–Kier alpha value is -2.76. The van der Waals surface area contributed by atoms with E-state index in [9.17, 15) is 4.79 Å². The molecule has 0 bridgehead atoms. The third-order valence-corrected chi connectivity index (χ3v) is 3.42. The number of hydrogen-bond donors (Lipinski definition) is 3. The Morgan fingerprint density at radius 1 is 1.17 bits per heavy atom. The first-order valence-corrected chi connectivity index (χ1v) is 8.08. The van der Waals surface area contributed by atoms with Crippen LogP contribution in [0.25, 0.3) is 0 Å². The predicted octanol–water partition coefficient (Wildman–Crippen LogP) is 2.21. The minimum absolute atomic E-state index is 0.0531. The fraction of sp³-hybridized carbons (Fsp3) is 0.333. The first-order valence-electron chi connectivity index (χ1n) is 8.08. The molecule has 0 aliphatic carbocycles. The molecule has 1 atom stereocenters. The molecular weight excluding hydrogens is 304 g/mol. The van der Waals surface area contributed by atoms with Crippen LogP contribution in [0.3, 0.4) is 0 Å². The summed E-state index contributed by atoms with van der Waals surface area (Å²) in [7, 11) is 0. The highest BCUT2D eigenvalue weighted by molar-refractivity contribution is 5.85. The molecule has 6 heteroatoms. The van der Waals surface area contributed by atoms with Crippen molar-refractivity contribution in [3.63, 3.8) is 0 Å². The maximum atomic E-state index is 11.9. The lowest BCUT2D eigenvalue weighted by Gasteiger charge is -2.18. The van der Waals surface area contributed by atoms with Crippen LogP contribution in [0.4, 0.5) is 0 Å². The maximum Gasteiger partial charge on any atom is 0.242 e. The number of hydrogen-bond acceptors (Lipinski definition) is 3. The number of rotatable bonds is 7. The molecule has 24 heavy (non-hydrogen) atoms. The van der Waals surface area contributed by atoms with Crippen LogP contribution in [-0.2, 0) is 11.3 Å². The average Bonchev–Trinajstić information content (AvgIpc) is 3.12. The summed E-state index contributed by atoms with van der Waals surface area (Å²) >= 11 is 0. The van der Waals surface area contributed by atoms with Gasteiger partial charge in [-0.3, -0.25) is 4.79 Å². The van der Waals surface area contributed by atoms with E-state index in [1.807, 2.05) is 31.2 Å². The highest BCUT2D eigenvalue weighted by atomic mass is 16.3. The zero-order valence-corrected chi connectivity index (χ0v) is 14.1. The number of aliphatic imine (C=N–C) groups is 1. The summed E-state index contributed by atoms with van der Waals surface area (Å²) < 4.78 is 5.17. The second kappa shape index (κ2) is 9.39. The van der Waals surface area contributed by atoms with Gasteiger partial charge in [-0.15, -0.1) is 0 Å². The van der Waals surface area contributed by atoms with Crippen LogP contribution in [-0.4, -0.2) is 25.0 Å². The van der Waals surface area contributed by atoms with Gasteiger partial charge in [0.15, 0.2) is 5.96 Å². The van der Waals surface area contributed by atoms with Crippen LogP contribution in [0.2, 0.25) is 0 Å². The van der Waals surface area contributed by atoms with E-state index >= 15 is 0 Å². The number of carbonyl (C=O) groups is 1. The van der Waals surface area contributed by atoms with Gasteiger partial charge in [0.2, 0.25) is 5.91 Å². The number of nitrogens with one attached hydrogen (secondary N) is 3. The Bertz CT molecular complexity index is 638. The van der Waals surface area contributed by atoms with E-state index in [1.54, 1.807) is 12.3 Å². The van der Waals surface area contributed by atoms with Gasteiger partial charge in [-0.05, 0) is 31.5 Å². The quantitative estimate of drug-likeness (QED) is 0.538. The van der Waals surface area contributed by atoms with Gasteiger partial charge in [0.1, 0.15) is 12.3 Å². The molecule has 0 fully saturated rings. The minimum atomic E-state index is -0.157. The van der Waals surface area contributed by atoms with Crippen molar-refractivity contribution in [2.75, 3.05) is 13.1 Å². The molecule has 3 N–H and O–H groups in total. The third kappa shape index (κ3) is 5.79. The first kappa shape index (κ1) is 17.6. The summed E-state index contributed by atoms with van der Waals surface area (Å²) in [5.74, 6) is 1.17. The fourth-order valence-electron chi connectivity index (χ4n) is 2.16. The molecule has 0 radical (unpaired) electrons. The largest absolute Gasteiger partial charge is 0.467 e. The lowest BCUT2D eigenvalue weighted by molar-refractivity contribution is -0.119. The summed E-state index contributed by atoms with van der Waals surface area (Å²) in [6.07, 6.45) is 1.58. The van der Waals surface area contributed by atoms with Crippen LogP contribution in [0, 0.1) is 0 Å². The van der Waals surface area contributed by atoms with Gasteiger partial charge in [-0.1, -0.05) is 30.3 Å². The highest BCUT2D eigenvalue weighted by Crippen LogP contribution is 2.10. The Morgan fingerprint density at radius 3 is 2.62 bits per heavy atom. The average molecular weight is 328 g/mol. The number of amides is 1. The molecule has 0 saturated carbocycles. The smallest absolute Gasteiger partial charge is 0.242 e. The Morgan fingerprint density at radius 2 is 1.96 bits per heavy atom. The number of nitrogens with zero attached hydrogens (tertiary/aromatic N) is 1. The molecule has 1 amide bonds. The molecule has 6 nitrogen and oxygen atoms in total. The fourth-order valence-corrected chi connectivity index (χ4v) is 2.16. The van der Waals surface area contributed by atoms with Crippen LogP contribution in [0.1, 0.15) is 31.2 Å². The lowest BCUT2D eigenvalue weighted by atomic mass is 10.1. The van der Waals surface area contributed by atoms with Gasteiger partial charge in [0.05, 0.1) is 18.8 Å². The SMILES string of the molecule is CCNC(=NCC(=O)NCc1ccco1)NC(C)c1ccccc1. The van der Waals surface area contributed by atoms with Gasteiger partial charge in [0, 0.05) is 6.54 Å². The summed E-state index contributed by atoms with van der Waals surface area (Å²) in [4.78, 5) is 16.2. The maximum absolute atomic E-state index is 11.9. The van der Waals surface area contributed by atoms with E-state index in [4.69, 9.17) is 4.42 Å². The molecule has 2 aromatic rings. The second-order valence-corrected chi connectivity index (χ2v) is 5.33. The summed E-state index contributed by atoms with van der Waals surface area (Å²) in [6, 6.07) is 13.8. The number of guanidine groups is 1. The van der Waals surface area contributed by atoms with Gasteiger partial charge >= 0.3 is 0 Å². The molecule has 1 heterocycles. The topological polar surface area (TPSA) is 78.7 Å². The van der Waals surface area contributed by atoms with Crippen molar-refractivity contribution >= 4 is 11.9 Å². The lowest BCUT2D eigenvalue weighted by Crippen LogP contribution is -2.39. The van der Waals surface area contributed by atoms with Crippen molar-refractivity contribution in [3.05, 3.63) is 60.1 Å². The van der Waals surface area contributed by atoms with Crippen LogP contribution in [0.5, 0.6) is 0 Å². The normalized spacial score (nSPS) is 12.5. The number of benzene rings is 1. The van der Waals surface area contributed by atoms with Crippen molar-refractivity contribution in [2.24, 2.45) is 4.99 Å². The summed E-state index contributed by atoms with van der Waals surface area (Å²) in [5.41, 5.74) is 1.16. The van der Waals surface area contributed by atoms with E-state index in [-0.39, 0.29) is 18.5 Å². The van der Waals surface area contributed by atoms with Gasteiger partial charge in [-0.25, -0.2) is 4.99 Å². The van der Waals surface area contributed by atoms with Crippen LogP contribution in [0.15, 0.2) is 58.1 Å². The van der Waals surface area contributed by atoms with E-state index < -0.39 is 0 Å². The predicted molar refractivity (Wildman–Crippen MR) is 94.5 cm³/mol. The van der Waals surface area contributed by atoms with Crippen molar-refractivity contribution < 1.29 is 9.21 Å². The molecule has 0 aliphatic rings. The molecule has 2 rings (SSSR count). The van der Waals surface area contributed by atoms with Gasteiger partial charge in [0.25, 0.3) is 0 Å². The molecule has 1 unspecified atom stereocenters. The van der Waals surface area contributed by atoms with Gasteiger partial charge in [-0.2, -0.15) is 0 Å². The highest BCUT2D eigenvalue weighted by Gasteiger charge is 2.08. The van der Waals surface area contributed by atoms with Crippen LogP contribution < -0.4 is 16.0 Å². The Labute approximate surface area is 142 Å². The van der Waals surface area contributed by atoms with Crippen molar-refractivity contribution in [3.8, 4) is 0 Å². The van der Waals surface area contributed by atoms with Gasteiger partial charge < -0.3 is 20.4 Å². The summed E-state index contributed by atoms with van der Waals surface area (Å²) in [6.45, 7) is 5.19. The molecular formula is C18H24N4O2. The van der Waals surface area contributed by atoms with E-state index in [0.29, 0.717) is 12.5 Å². The van der Waals surface area contributed by atoms with Crippen LogP contribution >= 0.6 is 0 Å². The Kier molecular flexibility index (Phi) is 6.89. The van der Waals surface area contributed by atoms with Crippen molar-refractivity contribution in [2.45, 2.75) is 26.4 Å². The monoisotopic (exact) mass is 328 g/mol. The molecule has 0 spiro atoms. The second-order valence-electron chi connectivity index (χ2n) is 5.33. The van der Waals surface area contributed by atoms with E-state index in [0.717, 1.165) is 17.9 Å². The molecule has 0 saturated heterocycles. The summed E-state index contributed by atoms with van der Waals surface area (Å²) in [5, 5.41) is 9.22. The van der Waals surface area contributed by atoms with Crippen molar-refractivity contribution in [1.82, 2.24) is 16.0 Å². The first-order chi connectivity index (χ1) is 11.7. The molecule has 1 aromatic carbocycles. The minimum Gasteiger partial charge on any atom is -0.467 e. The number of furan rings is 1. The molecule has 0 aliphatic heterocycles. The molecule has 1 aromatic heterocycles. The third-order valence-electron chi connectivity index (χ3n) is 3.42. The Balaban J connectivity index is 1.86.